The number of halogens is 3. The molecule has 2 heterocycles. The molecule has 124 valence electrons. The van der Waals surface area contributed by atoms with E-state index < -0.39 is 29.9 Å². The van der Waals surface area contributed by atoms with E-state index in [4.69, 9.17) is 0 Å². The summed E-state index contributed by atoms with van der Waals surface area (Å²) < 4.78 is 40.9. The summed E-state index contributed by atoms with van der Waals surface area (Å²) >= 11 is 0. The van der Waals surface area contributed by atoms with Crippen molar-refractivity contribution in [2.24, 2.45) is 7.05 Å². The van der Waals surface area contributed by atoms with Gasteiger partial charge in [-0.25, -0.2) is 4.98 Å². The standard InChI is InChI=1S/C14H15F3N4O2/c1-21-6-5-19-12(21)13(23,14(15,16)17)7-11(22)20-9-10-3-2-4-18-8-10/h2-6,8,23H,7,9H2,1H3,(H,20,22)/t13-/m0/s1. The van der Waals surface area contributed by atoms with Gasteiger partial charge in [-0.05, 0) is 11.6 Å². The van der Waals surface area contributed by atoms with Crippen molar-refractivity contribution in [3.05, 3.63) is 48.3 Å². The lowest BCUT2D eigenvalue weighted by atomic mass is 9.97. The molecule has 0 aliphatic heterocycles. The number of carbonyl (C=O) groups is 1. The molecule has 2 N–H and O–H groups in total. The molecule has 23 heavy (non-hydrogen) atoms. The second-order valence-electron chi connectivity index (χ2n) is 5.03. The Balaban J connectivity index is 2.13. The van der Waals surface area contributed by atoms with Crippen LogP contribution in [0.1, 0.15) is 17.8 Å². The molecule has 0 fully saturated rings. The second-order valence-corrected chi connectivity index (χ2v) is 5.03. The van der Waals surface area contributed by atoms with E-state index in [1.807, 2.05) is 0 Å². The molecule has 9 heteroatoms. The second kappa shape index (κ2) is 6.37. The average molecular weight is 328 g/mol. The predicted molar refractivity (Wildman–Crippen MR) is 73.9 cm³/mol. The van der Waals surface area contributed by atoms with Crippen LogP contribution in [0, 0.1) is 0 Å². The Morgan fingerprint density at radius 1 is 1.39 bits per heavy atom. The molecule has 0 aliphatic carbocycles. The lowest BCUT2D eigenvalue weighted by Gasteiger charge is -2.29. The highest BCUT2D eigenvalue weighted by Crippen LogP contribution is 2.40. The Morgan fingerprint density at radius 3 is 2.65 bits per heavy atom. The molecule has 0 spiro atoms. The molecule has 2 rings (SSSR count). The van der Waals surface area contributed by atoms with E-state index in [1.54, 1.807) is 12.1 Å². The highest BCUT2D eigenvalue weighted by Gasteiger charge is 2.58. The van der Waals surface area contributed by atoms with Crippen molar-refractivity contribution >= 4 is 5.91 Å². The van der Waals surface area contributed by atoms with Crippen molar-refractivity contribution in [3.8, 4) is 0 Å². The van der Waals surface area contributed by atoms with Gasteiger partial charge >= 0.3 is 6.18 Å². The van der Waals surface area contributed by atoms with Gasteiger partial charge in [0.05, 0.1) is 6.42 Å². The van der Waals surface area contributed by atoms with Gasteiger partial charge in [-0.15, -0.1) is 0 Å². The van der Waals surface area contributed by atoms with Crippen molar-refractivity contribution in [3.63, 3.8) is 0 Å². The third kappa shape index (κ3) is 3.67. The fraction of sp³-hybridized carbons (Fsp3) is 0.357. The number of carbonyl (C=O) groups excluding carboxylic acids is 1. The molecule has 0 radical (unpaired) electrons. The van der Waals surface area contributed by atoms with E-state index in [1.165, 1.54) is 25.6 Å². The van der Waals surface area contributed by atoms with Crippen LogP contribution in [0.25, 0.3) is 0 Å². The molecule has 1 amide bonds. The summed E-state index contributed by atoms with van der Waals surface area (Å²) in [6.07, 6.45) is -0.817. The number of amides is 1. The minimum absolute atomic E-state index is 0.0151. The molecule has 0 aromatic carbocycles. The van der Waals surface area contributed by atoms with E-state index in [9.17, 15) is 23.1 Å². The van der Waals surface area contributed by atoms with Crippen LogP contribution in [-0.2, 0) is 24.0 Å². The van der Waals surface area contributed by atoms with Crippen LogP contribution in [0.4, 0.5) is 13.2 Å². The first-order chi connectivity index (χ1) is 10.7. The number of imidazole rings is 1. The number of aromatic nitrogens is 3. The monoisotopic (exact) mass is 328 g/mol. The fourth-order valence-corrected chi connectivity index (χ4v) is 2.07. The maximum Gasteiger partial charge on any atom is 0.425 e. The lowest BCUT2D eigenvalue weighted by Crippen LogP contribution is -2.47. The largest absolute Gasteiger partial charge is 0.425 e. The smallest absolute Gasteiger partial charge is 0.374 e. The van der Waals surface area contributed by atoms with Gasteiger partial charge in [0.2, 0.25) is 11.5 Å². The van der Waals surface area contributed by atoms with Crippen LogP contribution in [0.2, 0.25) is 0 Å². The average Bonchev–Trinajstić information content (AvgIpc) is 2.91. The van der Waals surface area contributed by atoms with E-state index in [0.717, 1.165) is 10.8 Å². The number of alkyl halides is 3. The van der Waals surface area contributed by atoms with Gasteiger partial charge in [-0.1, -0.05) is 6.07 Å². The molecule has 0 saturated carbocycles. The SMILES string of the molecule is Cn1ccnc1[C@@](O)(CC(=O)NCc1cccnc1)C(F)(F)F. The van der Waals surface area contributed by atoms with E-state index in [2.05, 4.69) is 15.3 Å². The summed E-state index contributed by atoms with van der Waals surface area (Å²) in [7, 11) is 1.31. The maximum atomic E-state index is 13.3. The van der Waals surface area contributed by atoms with Crippen molar-refractivity contribution in [1.29, 1.82) is 0 Å². The topological polar surface area (TPSA) is 80.0 Å². The molecule has 6 nitrogen and oxygen atoms in total. The number of hydrogen-bond donors (Lipinski definition) is 2. The van der Waals surface area contributed by atoms with Gasteiger partial charge in [-0.3, -0.25) is 9.78 Å². The van der Waals surface area contributed by atoms with Gasteiger partial charge < -0.3 is 15.0 Å². The highest BCUT2D eigenvalue weighted by molar-refractivity contribution is 5.77. The number of rotatable bonds is 5. The zero-order valence-electron chi connectivity index (χ0n) is 12.2. The Bertz CT molecular complexity index is 672. The normalized spacial score (nSPS) is 14.3. The zero-order chi connectivity index (χ0) is 17.1. The quantitative estimate of drug-likeness (QED) is 0.866. The molecule has 2 aromatic heterocycles. The summed E-state index contributed by atoms with van der Waals surface area (Å²) in [5.74, 6) is -1.58. The van der Waals surface area contributed by atoms with Gasteiger partial charge in [0.15, 0.2) is 5.82 Å². The summed E-state index contributed by atoms with van der Waals surface area (Å²) in [4.78, 5) is 19.2. The summed E-state index contributed by atoms with van der Waals surface area (Å²) in [5.41, 5.74) is -2.72. The third-order valence-electron chi connectivity index (χ3n) is 3.29. The van der Waals surface area contributed by atoms with E-state index >= 15 is 0 Å². The van der Waals surface area contributed by atoms with Crippen molar-refractivity contribution < 1.29 is 23.1 Å². The Hall–Kier alpha value is -2.42. The number of nitrogens with one attached hydrogen (secondary N) is 1. The highest BCUT2D eigenvalue weighted by atomic mass is 19.4. The molecule has 0 aliphatic rings. The number of hydrogen-bond acceptors (Lipinski definition) is 4. The maximum absolute atomic E-state index is 13.3. The van der Waals surface area contributed by atoms with E-state index in [-0.39, 0.29) is 6.54 Å². The first-order valence-corrected chi connectivity index (χ1v) is 6.66. The third-order valence-corrected chi connectivity index (χ3v) is 3.29. The predicted octanol–water partition coefficient (Wildman–Crippen LogP) is 1.27. The van der Waals surface area contributed by atoms with E-state index in [0.29, 0.717) is 5.56 Å². The number of nitrogens with zero attached hydrogens (tertiary/aromatic N) is 3. The molecule has 1 atom stereocenters. The van der Waals surface area contributed by atoms with Crippen molar-refractivity contribution in [2.45, 2.75) is 24.7 Å². The van der Waals surface area contributed by atoms with Crippen LogP contribution < -0.4 is 5.32 Å². The zero-order valence-corrected chi connectivity index (χ0v) is 12.2. The number of aliphatic hydroxyl groups is 1. The fourth-order valence-electron chi connectivity index (χ4n) is 2.07. The summed E-state index contributed by atoms with van der Waals surface area (Å²) in [5, 5.41) is 12.4. The van der Waals surface area contributed by atoms with Crippen LogP contribution in [0.3, 0.4) is 0 Å². The van der Waals surface area contributed by atoms with Crippen LogP contribution in [-0.4, -0.2) is 31.7 Å². The van der Waals surface area contributed by atoms with Gasteiger partial charge in [0.1, 0.15) is 0 Å². The first kappa shape index (κ1) is 16.9. The summed E-state index contributed by atoms with van der Waals surface area (Å²) in [6.45, 7) is 0.0151. The number of aryl methyl sites for hydroxylation is 1. The summed E-state index contributed by atoms with van der Waals surface area (Å²) in [6, 6.07) is 3.31. The van der Waals surface area contributed by atoms with Crippen LogP contribution in [0.5, 0.6) is 0 Å². The Kier molecular flexibility index (Phi) is 4.69. The Labute approximate surface area is 130 Å². The van der Waals surface area contributed by atoms with Crippen LogP contribution >= 0.6 is 0 Å². The van der Waals surface area contributed by atoms with Gasteiger partial charge in [0, 0.05) is 38.4 Å². The minimum atomic E-state index is -5.04. The molecule has 0 unspecified atom stereocenters. The lowest BCUT2D eigenvalue weighted by molar-refractivity contribution is -0.271. The molecule has 0 saturated heterocycles. The molecular weight excluding hydrogens is 313 g/mol. The van der Waals surface area contributed by atoms with Crippen molar-refractivity contribution in [2.75, 3.05) is 0 Å². The van der Waals surface area contributed by atoms with Gasteiger partial charge in [0.25, 0.3) is 0 Å². The first-order valence-electron chi connectivity index (χ1n) is 6.66. The van der Waals surface area contributed by atoms with Gasteiger partial charge in [-0.2, -0.15) is 13.2 Å². The van der Waals surface area contributed by atoms with Crippen molar-refractivity contribution in [1.82, 2.24) is 19.9 Å². The molecule has 0 bridgehead atoms. The molecular formula is C14H15F3N4O2. The molecule has 2 aromatic rings. The Morgan fingerprint density at radius 2 is 2.13 bits per heavy atom. The number of pyridine rings is 1. The van der Waals surface area contributed by atoms with Crippen LogP contribution in [0.15, 0.2) is 36.9 Å². The minimum Gasteiger partial charge on any atom is -0.374 e.